The summed E-state index contributed by atoms with van der Waals surface area (Å²) in [6.07, 6.45) is 2.07. The summed E-state index contributed by atoms with van der Waals surface area (Å²) in [6, 6.07) is 2.07. The van der Waals surface area contributed by atoms with Crippen molar-refractivity contribution in [1.29, 1.82) is 0 Å². The topological polar surface area (TPSA) is 38.9 Å². The average Bonchev–Trinajstić information content (AvgIpc) is 2.58. The van der Waals surface area contributed by atoms with E-state index in [0.29, 0.717) is 0 Å². The molecule has 0 bridgehead atoms. The van der Waals surface area contributed by atoms with Crippen LogP contribution >= 0.6 is 22.7 Å². The fraction of sp³-hybridized carbons (Fsp3) is 0.375. The molecule has 2 aromatic heterocycles. The van der Waals surface area contributed by atoms with Crippen molar-refractivity contribution in [2.45, 2.75) is 12.8 Å². The first-order chi connectivity index (χ1) is 5.90. The molecule has 64 valence electrons. The van der Waals surface area contributed by atoms with Gasteiger partial charge in [-0.2, -0.15) is 0 Å². The van der Waals surface area contributed by atoms with Crippen LogP contribution in [0.1, 0.15) is 11.4 Å². The van der Waals surface area contributed by atoms with E-state index < -0.39 is 0 Å². The van der Waals surface area contributed by atoms with E-state index in [1.54, 1.807) is 22.7 Å². The van der Waals surface area contributed by atoms with Crippen molar-refractivity contribution in [3.8, 4) is 0 Å². The minimum atomic E-state index is 0.757. The van der Waals surface area contributed by atoms with E-state index >= 15 is 0 Å². The van der Waals surface area contributed by atoms with Crippen LogP contribution < -0.4 is 5.73 Å². The number of nitrogens with zero attached hydrogens (tertiary/aromatic N) is 1. The van der Waals surface area contributed by atoms with Crippen molar-refractivity contribution >= 4 is 32.2 Å². The molecule has 0 spiro atoms. The predicted octanol–water partition coefficient (Wildman–Crippen LogP) is 2.25. The summed E-state index contributed by atoms with van der Waals surface area (Å²) in [4.78, 5) is 4.48. The van der Waals surface area contributed by atoms with Gasteiger partial charge in [-0.05, 0) is 24.4 Å². The number of fused-ring (bicyclic) bond motifs is 1. The molecule has 0 aromatic carbocycles. The number of nitrogens with two attached hydrogens (primary N) is 1. The minimum absolute atomic E-state index is 0.757. The average molecular weight is 198 g/mol. The number of aryl methyl sites for hydroxylation is 1. The van der Waals surface area contributed by atoms with Crippen LogP contribution in [0, 0.1) is 0 Å². The Bertz CT molecular complexity index is 335. The van der Waals surface area contributed by atoms with Crippen molar-refractivity contribution in [3.63, 3.8) is 0 Å². The quantitative estimate of drug-likeness (QED) is 0.821. The maximum atomic E-state index is 5.43. The third-order valence-electron chi connectivity index (χ3n) is 1.66. The maximum absolute atomic E-state index is 5.43. The molecule has 0 fully saturated rings. The van der Waals surface area contributed by atoms with Crippen LogP contribution in [0.15, 0.2) is 11.4 Å². The molecule has 2 nitrogen and oxygen atoms in total. The highest BCUT2D eigenvalue weighted by atomic mass is 32.2. The van der Waals surface area contributed by atoms with Crippen molar-refractivity contribution in [1.82, 2.24) is 4.98 Å². The van der Waals surface area contributed by atoms with Gasteiger partial charge in [0.1, 0.15) is 4.01 Å². The monoisotopic (exact) mass is 198 g/mol. The second-order valence-corrected chi connectivity index (χ2v) is 4.85. The molecule has 2 heterocycles. The fourth-order valence-electron chi connectivity index (χ4n) is 1.07. The lowest BCUT2D eigenvalue weighted by Gasteiger charge is -1.89. The Morgan fingerprint density at radius 1 is 1.50 bits per heavy atom. The first-order valence-corrected chi connectivity index (χ1v) is 5.63. The summed E-state index contributed by atoms with van der Waals surface area (Å²) in [5.74, 6) is 0. The van der Waals surface area contributed by atoms with Crippen LogP contribution in [-0.4, -0.2) is 11.5 Å². The third-order valence-corrected chi connectivity index (χ3v) is 3.82. The first-order valence-electron chi connectivity index (χ1n) is 3.93. The summed E-state index contributed by atoms with van der Waals surface area (Å²) < 4.78 is 1.34. The van der Waals surface area contributed by atoms with Gasteiger partial charge in [0.15, 0.2) is 0 Å². The molecule has 0 saturated carbocycles. The Kier molecular flexibility index (Phi) is 2.39. The van der Waals surface area contributed by atoms with E-state index in [1.165, 1.54) is 9.02 Å². The molecule has 0 saturated heterocycles. The molecule has 0 amide bonds. The summed E-state index contributed by atoms with van der Waals surface area (Å²) in [7, 11) is 0. The van der Waals surface area contributed by atoms with Gasteiger partial charge in [0.2, 0.25) is 0 Å². The number of aromatic nitrogens is 1. The number of hydrogen-bond donors (Lipinski definition) is 1. The Morgan fingerprint density at radius 2 is 2.42 bits per heavy atom. The highest BCUT2D eigenvalue weighted by Gasteiger charge is 2.03. The molecule has 0 radical (unpaired) electrons. The Hall–Kier alpha value is -0.450. The van der Waals surface area contributed by atoms with Crippen LogP contribution in [0.3, 0.4) is 0 Å². The molecule has 0 unspecified atom stereocenters. The normalized spacial score (nSPS) is 11.1. The smallest absolute Gasteiger partial charge is 0.107 e. The lowest BCUT2D eigenvalue weighted by molar-refractivity contribution is 0.828. The number of thiazole rings is 1. The molecule has 2 rings (SSSR count). The van der Waals surface area contributed by atoms with E-state index in [2.05, 4.69) is 16.4 Å². The van der Waals surface area contributed by atoms with Crippen LogP contribution in [0.5, 0.6) is 0 Å². The van der Waals surface area contributed by atoms with Gasteiger partial charge >= 0.3 is 0 Å². The lowest BCUT2D eigenvalue weighted by atomic mass is 10.3. The molecular formula is C8H10N2S2. The second-order valence-electron chi connectivity index (χ2n) is 2.59. The van der Waals surface area contributed by atoms with E-state index in [-0.39, 0.29) is 0 Å². The van der Waals surface area contributed by atoms with E-state index in [9.17, 15) is 0 Å². The standard InChI is InChI=1S/C8H10N2S2/c9-4-1-2-7-10-6-3-5-11-8(6)12-7/h3,5H,1-2,4,9H2. The van der Waals surface area contributed by atoms with E-state index in [0.717, 1.165) is 24.9 Å². The SMILES string of the molecule is NCCCc1nc2ccsc2s1. The summed E-state index contributed by atoms with van der Waals surface area (Å²) in [5, 5.41) is 3.31. The molecule has 2 N–H and O–H groups in total. The van der Waals surface area contributed by atoms with Crippen molar-refractivity contribution < 1.29 is 0 Å². The summed E-state index contributed by atoms with van der Waals surface area (Å²) in [5.41, 5.74) is 6.58. The Morgan fingerprint density at radius 3 is 3.17 bits per heavy atom. The Balaban J connectivity index is 2.21. The second kappa shape index (κ2) is 3.51. The third kappa shape index (κ3) is 1.50. The lowest BCUT2D eigenvalue weighted by Crippen LogP contribution is -1.99. The van der Waals surface area contributed by atoms with Crippen LogP contribution in [0.25, 0.3) is 9.53 Å². The van der Waals surface area contributed by atoms with Crippen molar-refractivity contribution in [2.75, 3.05) is 6.54 Å². The largest absolute Gasteiger partial charge is 0.330 e. The zero-order valence-electron chi connectivity index (χ0n) is 6.62. The van der Waals surface area contributed by atoms with Crippen molar-refractivity contribution in [2.24, 2.45) is 5.73 Å². The van der Waals surface area contributed by atoms with Gasteiger partial charge < -0.3 is 5.73 Å². The van der Waals surface area contributed by atoms with Crippen molar-refractivity contribution in [3.05, 3.63) is 16.5 Å². The van der Waals surface area contributed by atoms with Gasteiger partial charge in [-0.3, -0.25) is 0 Å². The molecule has 0 aliphatic heterocycles. The highest BCUT2D eigenvalue weighted by molar-refractivity contribution is 7.37. The Labute approximate surface area is 79.0 Å². The van der Waals surface area contributed by atoms with Gasteiger partial charge in [-0.1, -0.05) is 0 Å². The fourth-order valence-corrected chi connectivity index (χ4v) is 3.10. The van der Waals surface area contributed by atoms with Gasteiger partial charge in [0.25, 0.3) is 0 Å². The van der Waals surface area contributed by atoms with Crippen LogP contribution in [0.2, 0.25) is 0 Å². The van der Waals surface area contributed by atoms with E-state index in [4.69, 9.17) is 5.73 Å². The zero-order chi connectivity index (χ0) is 8.39. The van der Waals surface area contributed by atoms with Crippen LogP contribution in [-0.2, 0) is 6.42 Å². The van der Waals surface area contributed by atoms with Gasteiger partial charge in [-0.25, -0.2) is 4.98 Å². The highest BCUT2D eigenvalue weighted by Crippen LogP contribution is 2.27. The molecule has 0 aliphatic rings. The minimum Gasteiger partial charge on any atom is -0.330 e. The number of hydrogen-bond acceptors (Lipinski definition) is 4. The van der Waals surface area contributed by atoms with Gasteiger partial charge in [0.05, 0.1) is 10.5 Å². The molecule has 12 heavy (non-hydrogen) atoms. The molecule has 2 aromatic rings. The molecular weight excluding hydrogens is 188 g/mol. The zero-order valence-corrected chi connectivity index (χ0v) is 8.25. The van der Waals surface area contributed by atoms with Crippen LogP contribution in [0.4, 0.5) is 0 Å². The first kappa shape index (κ1) is 8.16. The molecule has 4 heteroatoms. The summed E-state index contributed by atoms with van der Waals surface area (Å²) in [6.45, 7) is 0.757. The van der Waals surface area contributed by atoms with Gasteiger partial charge in [0, 0.05) is 6.42 Å². The van der Waals surface area contributed by atoms with E-state index in [1.807, 2.05) is 0 Å². The summed E-state index contributed by atoms with van der Waals surface area (Å²) >= 11 is 3.56. The molecule has 0 aliphatic carbocycles. The number of rotatable bonds is 3. The predicted molar refractivity (Wildman–Crippen MR) is 54.9 cm³/mol. The molecule has 0 atom stereocenters. The number of thiophene rings is 1. The van der Waals surface area contributed by atoms with Gasteiger partial charge in [-0.15, -0.1) is 22.7 Å². The maximum Gasteiger partial charge on any atom is 0.107 e.